The summed E-state index contributed by atoms with van der Waals surface area (Å²) >= 11 is 0. The maximum absolute atomic E-state index is 12.6. The number of nitrogens with one attached hydrogen (secondary N) is 1. The molecule has 2 aromatic heterocycles. The Morgan fingerprint density at radius 2 is 1.85 bits per heavy atom. The van der Waals surface area contributed by atoms with Crippen LogP contribution in [0.5, 0.6) is 0 Å². The summed E-state index contributed by atoms with van der Waals surface area (Å²) < 4.78 is 5.25. The second-order valence-corrected chi connectivity index (χ2v) is 9.63. The van der Waals surface area contributed by atoms with E-state index >= 15 is 0 Å². The molecule has 0 atom stereocenters. The zero-order valence-corrected chi connectivity index (χ0v) is 19.6. The molecule has 7 nitrogen and oxygen atoms in total. The molecular weight excluding hydrogens is 416 g/mol. The number of hydrogen-bond donors (Lipinski definition) is 1. The minimum Gasteiger partial charge on any atom is -0.338 e. The Morgan fingerprint density at radius 3 is 2.52 bits per heavy atom. The van der Waals surface area contributed by atoms with Gasteiger partial charge in [-0.05, 0) is 60.1 Å². The highest BCUT2D eigenvalue weighted by molar-refractivity contribution is 5.94. The lowest BCUT2D eigenvalue weighted by Gasteiger charge is -2.11. The summed E-state index contributed by atoms with van der Waals surface area (Å²) in [5, 5.41) is 6.77. The number of hydrogen-bond acceptors (Lipinski definition) is 6. The van der Waals surface area contributed by atoms with Gasteiger partial charge >= 0.3 is 0 Å². The van der Waals surface area contributed by atoms with Gasteiger partial charge in [0.25, 0.3) is 0 Å². The first-order chi connectivity index (χ1) is 15.7. The summed E-state index contributed by atoms with van der Waals surface area (Å²) in [6.45, 7) is 8.01. The lowest BCUT2D eigenvalue weighted by atomic mass is 9.95. The van der Waals surface area contributed by atoms with Crippen LogP contribution in [-0.2, 0) is 23.1 Å². The summed E-state index contributed by atoms with van der Waals surface area (Å²) in [5.74, 6) is 1.25. The Hall–Kier alpha value is -3.35. The maximum Gasteiger partial charge on any atom is 0.238 e. The number of aromatic nitrogens is 3. The van der Waals surface area contributed by atoms with E-state index in [2.05, 4.69) is 39.5 Å². The number of pyridine rings is 1. The Balaban J connectivity index is 1.45. The Labute approximate surface area is 194 Å². The molecule has 1 saturated carbocycles. The van der Waals surface area contributed by atoms with Crippen molar-refractivity contribution in [3.63, 3.8) is 0 Å². The van der Waals surface area contributed by atoms with Crippen molar-refractivity contribution in [2.24, 2.45) is 5.92 Å². The van der Waals surface area contributed by atoms with E-state index < -0.39 is 0 Å². The van der Waals surface area contributed by atoms with Crippen LogP contribution in [0.25, 0.3) is 11.1 Å². The van der Waals surface area contributed by atoms with Crippen molar-refractivity contribution in [1.29, 1.82) is 0 Å². The number of carbonyl (C=O) groups is 2. The molecule has 0 radical (unpaired) electrons. The molecule has 1 aliphatic carbocycles. The van der Waals surface area contributed by atoms with Gasteiger partial charge in [0, 0.05) is 24.0 Å². The number of anilines is 1. The van der Waals surface area contributed by atoms with Crippen LogP contribution in [-0.4, -0.2) is 26.8 Å². The number of nitrogens with zero attached hydrogens (tertiary/aromatic N) is 3. The lowest BCUT2D eigenvalue weighted by molar-refractivity contribution is -0.117. The third kappa shape index (κ3) is 5.53. The highest BCUT2D eigenvalue weighted by Gasteiger charge is 2.29. The first kappa shape index (κ1) is 22.8. The van der Waals surface area contributed by atoms with Crippen LogP contribution in [0.2, 0.25) is 0 Å². The summed E-state index contributed by atoms with van der Waals surface area (Å²) in [6, 6.07) is 10.1. The van der Waals surface area contributed by atoms with E-state index in [1.807, 2.05) is 39.0 Å². The zero-order chi connectivity index (χ0) is 23.6. The number of benzene rings is 1. The van der Waals surface area contributed by atoms with Gasteiger partial charge in [-0.3, -0.25) is 9.59 Å². The monoisotopic (exact) mass is 446 g/mol. The molecule has 1 N–H and O–H groups in total. The van der Waals surface area contributed by atoms with Gasteiger partial charge < -0.3 is 9.84 Å². The van der Waals surface area contributed by atoms with Gasteiger partial charge in [-0.15, -0.1) is 0 Å². The molecule has 1 amide bonds. The van der Waals surface area contributed by atoms with Crippen LogP contribution in [0.15, 0.2) is 41.1 Å². The largest absolute Gasteiger partial charge is 0.338 e. The van der Waals surface area contributed by atoms with Crippen molar-refractivity contribution in [2.45, 2.75) is 65.2 Å². The van der Waals surface area contributed by atoms with Gasteiger partial charge in [0.15, 0.2) is 0 Å². The van der Waals surface area contributed by atoms with Crippen molar-refractivity contribution in [3.05, 3.63) is 59.4 Å². The van der Waals surface area contributed by atoms with Gasteiger partial charge in [0.2, 0.25) is 23.4 Å². The normalized spacial score (nSPS) is 13.7. The molecule has 33 heavy (non-hydrogen) atoms. The van der Waals surface area contributed by atoms with E-state index in [4.69, 9.17) is 4.52 Å². The highest BCUT2D eigenvalue weighted by Crippen LogP contribution is 2.31. The number of carbonyl (C=O) groups excluding carboxylic acids is 2. The fraction of sp³-hybridized carbons (Fsp3) is 0.423. The molecule has 4 rings (SSSR count). The van der Waals surface area contributed by atoms with Gasteiger partial charge in [-0.25, -0.2) is 4.98 Å². The minimum absolute atomic E-state index is 0.0464. The molecule has 1 fully saturated rings. The molecule has 0 spiro atoms. The molecule has 3 aromatic rings. The number of rotatable bonds is 8. The molecule has 7 heteroatoms. The van der Waals surface area contributed by atoms with Gasteiger partial charge in [0.1, 0.15) is 5.82 Å². The highest BCUT2D eigenvalue weighted by atomic mass is 16.5. The predicted octanol–water partition coefficient (Wildman–Crippen LogP) is 5.16. The average molecular weight is 447 g/mol. The number of ketones is 1. The van der Waals surface area contributed by atoms with Gasteiger partial charge in [0.05, 0.1) is 0 Å². The van der Waals surface area contributed by atoms with Crippen molar-refractivity contribution in [1.82, 2.24) is 15.1 Å². The zero-order valence-electron chi connectivity index (χ0n) is 19.6. The Morgan fingerprint density at radius 1 is 1.09 bits per heavy atom. The first-order valence-corrected chi connectivity index (χ1v) is 11.5. The molecular formula is C26H30N4O3. The fourth-order valence-corrected chi connectivity index (χ4v) is 3.63. The molecule has 1 aliphatic rings. The number of aryl methyl sites for hydroxylation is 2. The van der Waals surface area contributed by atoms with Crippen LogP contribution in [0.1, 0.15) is 74.6 Å². The second kappa shape index (κ2) is 9.25. The molecule has 2 heterocycles. The van der Waals surface area contributed by atoms with Crippen molar-refractivity contribution < 1.29 is 14.1 Å². The van der Waals surface area contributed by atoms with E-state index in [0.717, 1.165) is 36.0 Å². The Bertz CT molecular complexity index is 1170. The van der Waals surface area contributed by atoms with Gasteiger partial charge in [-0.2, -0.15) is 4.98 Å². The van der Waals surface area contributed by atoms with Crippen LogP contribution in [0, 0.1) is 5.92 Å². The second-order valence-electron chi connectivity index (χ2n) is 9.63. The molecule has 0 bridgehead atoms. The van der Waals surface area contributed by atoms with Crippen molar-refractivity contribution in [3.8, 4) is 11.1 Å². The van der Waals surface area contributed by atoms with Crippen LogP contribution < -0.4 is 5.32 Å². The van der Waals surface area contributed by atoms with E-state index in [9.17, 15) is 9.59 Å². The van der Waals surface area contributed by atoms with Crippen LogP contribution in [0.4, 0.5) is 5.82 Å². The maximum atomic E-state index is 12.6. The minimum atomic E-state index is -0.287. The first-order valence-electron chi connectivity index (χ1n) is 11.5. The molecule has 172 valence electrons. The van der Waals surface area contributed by atoms with E-state index in [-0.39, 0.29) is 28.8 Å². The smallest absolute Gasteiger partial charge is 0.238 e. The van der Waals surface area contributed by atoms with Crippen LogP contribution in [0.3, 0.4) is 0 Å². The van der Waals surface area contributed by atoms with E-state index in [0.29, 0.717) is 24.6 Å². The molecule has 0 unspecified atom stereocenters. The standard InChI is InChI=1S/C26H30N4O3/c1-5-16-14-19(20-12-13-27-22(15-20)28-24(32)18-7-8-18)9-6-17(16)10-11-21(31)23-29-25(33-30-23)26(2,3)4/h6,9,12-15,18H,5,7-8,10-11H2,1-4H3,(H,27,28,32). The van der Waals surface area contributed by atoms with Crippen molar-refractivity contribution in [2.75, 3.05) is 5.32 Å². The topological polar surface area (TPSA) is 98.0 Å². The van der Waals surface area contributed by atoms with Gasteiger partial charge in [-0.1, -0.05) is 51.1 Å². The third-order valence-corrected chi connectivity index (χ3v) is 5.82. The van der Waals surface area contributed by atoms with E-state index in [1.54, 1.807) is 6.20 Å². The predicted molar refractivity (Wildman–Crippen MR) is 126 cm³/mol. The molecule has 1 aromatic carbocycles. The number of amides is 1. The summed E-state index contributed by atoms with van der Waals surface area (Å²) in [5.41, 5.74) is 4.08. The van der Waals surface area contributed by atoms with Crippen molar-refractivity contribution >= 4 is 17.5 Å². The lowest BCUT2D eigenvalue weighted by Crippen LogP contribution is -2.14. The molecule has 0 aliphatic heterocycles. The Kier molecular flexibility index (Phi) is 6.40. The number of Topliss-reactive ketones (excluding diaryl/α,β-unsaturated/α-hetero) is 1. The van der Waals surface area contributed by atoms with E-state index in [1.165, 1.54) is 5.56 Å². The molecule has 0 saturated heterocycles. The summed E-state index contributed by atoms with van der Waals surface area (Å²) in [6.07, 6.45) is 5.42. The fourth-order valence-electron chi connectivity index (χ4n) is 3.63. The SMILES string of the molecule is CCc1cc(-c2ccnc(NC(=O)C3CC3)c2)ccc1CCC(=O)c1noc(C(C)(C)C)n1. The summed E-state index contributed by atoms with van der Waals surface area (Å²) in [4.78, 5) is 33.2. The van der Waals surface area contributed by atoms with Crippen LogP contribution >= 0.6 is 0 Å². The summed E-state index contributed by atoms with van der Waals surface area (Å²) in [7, 11) is 0. The average Bonchev–Trinajstić information content (AvgIpc) is 3.52. The quantitative estimate of drug-likeness (QED) is 0.480. The third-order valence-electron chi connectivity index (χ3n) is 5.82.